The number of para-hydroxylation sites is 1. The average molecular weight is 438 g/mol. The zero-order chi connectivity index (χ0) is 19.4. The molecule has 1 aliphatic carbocycles. The van der Waals surface area contributed by atoms with Crippen molar-refractivity contribution in [2.45, 2.75) is 19.4 Å². The largest absolute Gasteiger partial charge is 0.494 e. The molecule has 1 fully saturated rings. The van der Waals surface area contributed by atoms with Crippen molar-refractivity contribution < 1.29 is 9.53 Å². The minimum absolute atomic E-state index is 0.565. The Bertz CT molecular complexity index is 1230. The quantitative estimate of drug-likeness (QED) is 0.403. The predicted octanol–water partition coefficient (Wildman–Crippen LogP) is 5.19. The summed E-state index contributed by atoms with van der Waals surface area (Å²) in [5.74, 6) is 2.26. The predicted molar refractivity (Wildman–Crippen MR) is 114 cm³/mol. The Morgan fingerprint density at radius 2 is 2.07 bits per heavy atom. The number of halogens is 1. The van der Waals surface area contributed by atoms with Gasteiger partial charge >= 0.3 is 0 Å². The van der Waals surface area contributed by atoms with Crippen LogP contribution in [0.1, 0.15) is 23.2 Å². The maximum absolute atomic E-state index is 11.3. The van der Waals surface area contributed by atoms with Crippen molar-refractivity contribution in [2.75, 3.05) is 7.11 Å². The van der Waals surface area contributed by atoms with E-state index in [1.54, 1.807) is 13.2 Å². The zero-order valence-corrected chi connectivity index (χ0v) is 17.4. The summed E-state index contributed by atoms with van der Waals surface area (Å²) in [5, 5.41) is 1.19. The van der Waals surface area contributed by atoms with Gasteiger partial charge in [-0.1, -0.05) is 12.1 Å². The van der Waals surface area contributed by atoms with Gasteiger partial charge in [-0.15, -0.1) is 0 Å². The normalized spacial score (nSPS) is 14.1. The van der Waals surface area contributed by atoms with Crippen LogP contribution in [0, 0.1) is 5.92 Å². The lowest BCUT2D eigenvalue weighted by Crippen LogP contribution is -2.05. The Hall–Kier alpha value is -2.60. The van der Waals surface area contributed by atoms with Crippen LogP contribution in [0.4, 0.5) is 0 Å². The van der Waals surface area contributed by atoms with Gasteiger partial charge in [0.1, 0.15) is 17.6 Å². The molecule has 0 saturated heterocycles. The molecule has 4 aromatic rings. The second-order valence-corrected chi connectivity index (χ2v) is 8.32. The number of carbonyl (C=O) groups excluding carboxylic acids is 1. The molecule has 0 atom stereocenters. The first-order valence-corrected chi connectivity index (χ1v) is 10.2. The molecule has 2 heterocycles. The van der Waals surface area contributed by atoms with Gasteiger partial charge in [0, 0.05) is 29.0 Å². The van der Waals surface area contributed by atoms with Gasteiger partial charge in [0.25, 0.3) is 0 Å². The third-order valence-electron chi connectivity index (χ3n) is 5.55. The maximum atomic E-state index is 11.3. The van der Waals surface area contributed by atoms with E-state index in [9.17, 15) is 4.79 Å². The molecule has 0 unspecified atom stereocenters. The van der Waals surface area contributed by atoms with Crippen LogP contribution >= 0.6 is 15.9 Å². The van der Waals surface area contributed by atoms with Crippen LogP contribution in [0.15, 0.2) is 40.9 Å². The molecule has 0 bridgehead atoms. The minimum Gasteiger partial charge on any atom is -0.494 e. The number of aldehydes is 1. The molecule has 0 N–H and O–H groups in total. The van der Waals surface area contributed by atoms with Gasteiger partial charge in [0.15, 0.2) is 5.82 Å². The average Bonchev–Trinajstić information content (AvgIpc) is 3.36. The number of ether oxygens (including phenoxy) is 1. The molecule has 1 saturated carbocycles. The number of hydrogen-bond donors (Lipinski definition) is 0. The lowest BCUT2D eigenvalue weighted by Gasteiger charge is -2.11. The third kappa shape index (κ3) is 2.66. The number of rotatable bonds is 5. The van der Waals surface area contributed by atoms with E-state index in [4.69, 9.17) is 9.72 Å². The number of aryl methyl sites for hydroxylation is 1. The molecular formula is C22H20BrN3O2. The number of aromatic nitrogens is 3. The Balaban J connectivity index is 1.80. The number of imidazole rings is 1. The van der Waals surface area contributed by atoms with Gasteiger partial charge in [-0.05, 0) is 59.0 Å². The van der Waals surface area contributed by atoms with Crippen molar-refractivity contribution in [3.05, 3.63) is 46.4 Å². The summed E-state index contributed by atoms with van der Waals surface area (Å²) in [6.45, 7) is 0.987. The monoisotopic (exact) mass is 437 g/mol. The van der Waals surface area contributed by atoms with Crippen molar-refractivity contribution in [3.8, 4) is 17.3 Å². The van der Waals surface area contributed by atoms with E-state index in [1.807, 2.05) is 13.1 Å². The number of hydrogen-bond acceptors (Lipinski definition) is 3. The lowest BCUT2D eigenvalue weighted by molar-refractivity contribution is 0.112. The van der Waals surface area contributed by atoms with Gasteiger partial charge < -0.3 is 13.9 Å². The van der Waals surface area contributed by atoms with Crippen molar-refractivity contribution in [3.63, 3.8) is 0 Å². The Morgan fingerprint density at radius 3 is 2.79 bits per heavy atom. The first-order valence-electron chi connectivity index (χ1n) is 9.38. The summed E-state index contributed by atoms with van der Waals surface area (Å²) in [6.07, 6.45) is 3.39. The zero-order valence-electron chi connectivity index (χ0n) is 15.8. The van der Waals surface area contributed by atoms with E-state index in [2.05, 4.69) is 49.3 Å². The van der Waals surface area contributed by atoms with Gasteiger partial charge in [0.2, 0.25) is 0 Å². The summed E-state index contributed by atoms with van der Waals surface area (Å²) < 4.78 is 11.1. The second-order valence-electron chi connectivity index (χ2n) is 7.46. The van der Waals surface area contributed by atoms with Crippen molar-refractivity contribution in [1.82, 2.24) is 14.1 Å². The van der Waals surface area contributed by atoms with Crippen molar-refractivity contribution >= 4 is 44.2 Å². The first kappa shape index (κ1) is 17.5. The molecule has 0 radical (unpaired) electrons. The molecular weight excluding hydrogens is 418 g/mol. The van der Waals surface area contributed by atoms with Crippen LogP contribution in [-0.2, 0) is 13.6 Å². The first-order chi connectivity index (χ1) is 13.6. The SMILES string of the molecule is COc1cc(C=O)cc2nc(-c3cc4cccc(Br)c4n3CC3CC3)n(C)c12. The topological polar surface area (TPSA) is 49.0 Å². The molecule has 142 valence electrons. The van der Waals surface area contributed by atoms with Gasteiger partial charge in [-0.2, -0.15) is 0 Å². The van der Waals surface area contributed by atoms with Crippen molar-refractivity contribution in [1.29, 1.82) is 0 Å². The number of nitrogens with zero attached hydrogens (tertiary/aromatic N) is 3. The van der Waals surface area contributed by atoms with E-state index in [-0.39, 0.29) is 0 Å². The van der Waals surface area contributed by atoms with Gasteiger partial charge in [-0.25, -0.2) is 4.98 Å². The fourth-order valence-electron chi connectivity index (χ4n) is 4.00. The molecule has 2 aromatic heterocycles. The molecule has 1 aliphatic rings. The summed E-state index contributed by atoms with van der Waals surface area (Å²) in [6, 6.07) is 12.1. The second kappa shape index (κ2) is 6.48. The Morgan fingerprint density at radius 1 is 1.25 bits per heavy atom. The van der Waals surface area contributed by atoms with Crippen LogP contribution in [0.2, 0.25) is 0 Å². The number of fused-ring (bicyclic) bond motifs is 2. The van der Waals surface area contributed by atoms with Crippen LogP contribution in [0.3, 0.4) is 0 Å². The summed E-state index contributed by atoms with van der Waals surface area (Å²) >= 11 is 3.73. The number of benzene rings is 2. The summed E-state index contributed by atoms with van der Waals surface area (Å²) in [7, 11) is 3.62. The standard InChI is InChI=1S/C22H20BrN3O2/c1-25-21-17(8-14(12-27)9-19(21)28-2)24-22(25)18-10-15-4-3-5-16(23)20(15)26(18)11-13-6-7-13/h3-5,8-10,12-13H,6-7,11H2,1-2H3. The van der Waals surface area contributed by atoms with E-state index in [0.717, 1.165) is 45.8 Å². The Labute approximate surface area is 171 Å². The van der Waals surface area contributed by atoms with Crippen LogP contribution < -0.4 is 4.74 Å². The van der Waals surface area contributed by atoms with E-state index >= 15 is 0 Å². The van der Waals surface area contributed by atoms with E-state index in [0.29, 0.717) is 11.3 Å². The number of methoxy groups -OCH3 is 1. The molecule has 0 spiro atoms. The lowest BCUT2D eigenvalue weighted by atomic mass is 10.2. The highest BCUT2D eigenvalue weighted by Gasteiger charge is 2.26. The summed E-state index contributed by atoms with van der Waals surface area (Å²) in [4.78, 5) is 16.2. The van der Waals surface area contributed by atoms with Crippen LogP contribution in [-0.4, -0.2) is 27.5 Å². The molecule has 0 amide bonds. The molecule has 2 aromatic carbocycles. The number of carbonyl (C=O) groups is 1. The molecule has 0 aliphatic heterocycles. The summed E-state index contributed by atoms with van der Waals surface area (Å²) in [5.41, 5.74) is 4.51. The Kier molecular flexibility index (Phi) is 4.05. The fourth-order valence-corrected chi connectivity index (χ4v) is 4.59. The van der Waals surface area contributed by atoms with Gasteiger partial charge in [0.05, 0.1) is 23.8 Å². The molecule has 6 heteroatoms. The molecule has 5 rings (SSSR count). The molecule has 28 heavy (non-hydrogen) atoms. The van der Waals surface area contributed by atoms with E-state index in [1.165, 1.54) is 23.7 Å². The molecule has 5 nitrogen and oxygen atoms in total. The third-order valence-corrected chi connectivity index (χ3v) is 6.19. The minimum atomic E-state index is 0.565. The highest BCUT2D eigenvalue weighted by atomic mass is 79.9. The smallest absolute Gasteiger partial charge is 0.157 e. The highest BCUT2D eigenvalue weighted by Crippen LogP contribution is 2.39. The van der Waals surface area contributed by atoms with Crippen LogP contribution in [0.25, 0.3) is 33.5 Å². The van der Waals surface area contributed by atoms with Crippen LogP contribution in [0.5, 0.6) is 5.75 Å². The fraction of sp³-hybridized carbons (Fsp3) is 0.273. The highest BCUT2D eigenvalue weighted by molar-refractivity contribution is 9.10. The maximum Gasteiger partial charge on any atom is 0.157 e. The van der Waals surface area contributed by atoms with Crippen molar-refractivity contribution in [2.24, 2.45) is 13.0 Å². The van der Waals surface area contributed by atoms with E-state index < -0.39 is 0 Å². The van der Waals surface area contributed by atoms with Gasteiger partial charge in [-0.3, -0.25) is 4.79 Å².